The van der Waals surface area contributed by atoms with Crippen LogP contribution in [-0.2, 0) is 19.6 Å². The molecule has 11 nitrogen and oxygen atoms in total. The van der Waals surface area contributed by atoms with Crippen LogP contribution in [0.2, 0.25) is 0 Å². The standard InChI is InChI=1S/C18H25N5O6S/c1-12-15(13(2)29-20-12)30(27,28)22-9-7-21(8-10-22)14(24)11-23-16(25)18(19-17(23)26)5-3-4-6-18/h3-11H2,1-2H3,(H,19,26). The number of rotatable bonds is 4. The molecule has 3 aliphatic rings. The molecule has 0 aromatic carbocycles. The number of hydrogen-bond donors (Lipinski definition) is 1. The Balaban J connectivity index is 1.38. The normalized spacial score (nSPS) is 22.2. The number of amides is 4. The molecule has 1 saturated carbocycles. The van der Waals surface area contributed by atoms with Gasteiger partial charge < -0.3 is 14.7 Å². The third-order valence-corrected chi connectivity index (χ3v) is 8.30. The van der Waals surface area contributed by atoms with Crippen LogP contribution in [0.15, 0.2) is 9.42 Å². The van der Waals surface area contributed by atoms with Crippen LogP contribution in [0.5, 0.6) is 0 Å². The van der Waals surface area contributed by atoms with Gasteiger partial charge in [-0.3, -0.25) is 14.5 Å². The molecule has 2 aliphatic heterocycles. The largest absolute Gasteiger partial charge is 0.360 e. The van der Waals surface area contributed by atoms with Gasteiger partial charge in [0, 0.05) is 26.2 Å². The van der Waals surface area contributed by atoms with Crippen LogP contribution in [0.25, 0.3) is 0 Å². The van der Waals surface area contributed by atoms with Gasteiger partial charge in [-0.25, -0.2) is 13.2 Å². The van der Waals surface area contributed by atoms with Crippen molar-refractivity contribution in [1.82, 2.24) is 24.6 Å². The first-order valence-corrected chi connectivity index (χ1v) is 11.4. The topological polar surface area (TPSA) is 133 Å². The van der Waals surface area contributed by atoms with Gasteiger partial charge in [0.25, 0.3) is 5.91 Å². The Morgan fingerprint density at radius 1 is 1.13 bits per heavy atom. The zero-order chi connectivity index (χ0) is 21.7. The number of nitrogens with zero attached hydrogens (tertiary/aromatic N) is 4. The monoisotopic (exact) mass is 439 g/mol. The van der Waals surface area contributed by atoms with Crippen molar-refractivity contribution in [3.63, 3.8) is 0 Å². The fourth-order valence-electron chi connectivity index (χ4n) is 4.52. The number of aromatic nitrogens is 1. The number of hydrogen-bond acceptors (Lipinski definition) is 7. The third-order valence-electron chi connectivity index (χ3n) is 6.15. The number of carbonyl (C=O) groups is 3. The molecule has 1 spiro atoms. The van der Waals surface area contributed by atoms with Gasteiger partial charge in [0.1, 0.15) is 22.7 Å². The summed E-state index contributed by atoms with van der Waals surface area (Å²) in [7, 11) is -3.77. The smallest absolute Gasteiger partial charge is 0.325 e. The highest BCUT2D eigenvalue weighted by Crippen LogP contribution is 2.35. The lowest BCUT2D eigenvalue weighted by Gasteiger charge is -2.34. The first kappa shape index (κ1) is 20.8. The summed E-state index contributed by atoms with van der Waals surface area (Å²) in [6.07, 6.45) is 2.94. The zero-order valence-electron chi connectivity index (χ0n) is 17.0. The summed E-state index contributed by atoms with van der Waals surface area (Å²) in [6, 6.07) is -0.533. The maximum atomic E-state index is 12.9. The van der Waals surface area contributed by atoms with Crippen molar-refractivity contribution in [2.45, 2.75) is 50.0 Å². The van der Waals surface area contributed by atoms with E-state index in [9.17, 15) is 22.8 Å². The summed E-state index contributed by atoms with van der Waals surface area (Å²) in [6.45, 7) is 3.36. The molecule has 0 atom stereocenters. The Morgan fingerprint density at radius 2 is 1.77 bits per heavy atom. The Kier molecular flexibility index (Phi) is 5.09. The van der Waals surface area contributed by atoms with Crippen molar-refractivity contribution in [2.75, 3.05) is 32.7 Å². The van der Waals surface area contributed by atoms with E-state index in [0.29, 0.717) is 18.5 Å². The fourth-order valence-corrected chi connectivity index (χ4v) is 6.24. The van der Waals surface area contributed by atoms with E-state index in [1.54, 1.807) is 13.8 Å². The number of piperazine rings is 1. The van der Waals surface area contributed by atoms with Gasteiger partial charge in [0.05, 0.1) is 0 Å². The van der Waals surface area contributed by atoms with Crippen molar-refractivity contribution in [3.05, 3.63) is 11.5 Å². The quantitative estimate of drug-likeness (QED) is 0.652. The number of urea groups is 1. The number of carbonyl (C=O) groups excluding carboxylic acids is 3. The first-order chi connectivity index (χ1) is 14.2. The van der Waals surface area contributed by atoms with Gasteiger partial charge in [0.15, 0.2) is 5.76 Å². The summed E-state index contributed by atoms with van der Waals surface area (Å²) in [4.78, 5) is 40.2. The highest BCUT2D eigenvalue weighted by atomic mass is 32.2. The van der Waals surface area contributed by atoms with Crippen molar-refractivity contribution in [1.29, 1.82) is 0 Å². The van der Waals surface area contributed by atoms with Crippen LogP contribution in [-0.4, -0.2) is 83.8 Å². The lowest BCUT2D eigenvalue weighted by molar-refractivity contribution is -0.139. The Morgan fingerprint density at radius 3 is 2.33 bits per heavy atom. The third kappa shape index (κ3) is 3.27. The molecule has 12 heteroatoms. The summed E-state index contributed by atoms with van der Waals surface area (Å²) in [5, 5.41) is 6.46. The van der Waals surface area contributed by atoms with Crippen LogP contribution in [0.1, 0.15) is 37.1 Å². The van der Waals surface area contributed by atoms with Crippen LogP contribution in [0.4, 0.5) is 4.79 Å². The summed E-state index contributed by atoms with van der Waals surface area (Å²) in [5.74, 6) is -0.480. The highest BCUT2D eigenvalue weighted by Gasteiger charge is 2.53. The SMILES string of the molecule is Cc1noc(C)c1S(=O)(=O)N1CCN(C(=O)CN2C(=O)NC3(CCCC3)C2=O)CC1. The molecule has 1 aliphatic carbocycles. The highest BCUT2D eigenvalue weighted by molar-refractivity contribution is 7.89. The fraction of sp³-hybridized carbons (Fsp3) is 0.667. The van der Waals surface area contributed by atoms with Crippen molar-refractivity contribution in [2.24, 2.45) is 0 Å². The molecule has 3 heterocycles. The van der Waals surface area contributed by atoms with Crippen LogP contribution in [0.3, 0.4) is 0 Å². The molecule has 30 heavy (non-hydrogen) atoms. The Bertz CT molecular complexity index is 969. The summed E-state index contributed by atoms with van der Waals surface area (Å²) >= 11 is 0. The molecule has 1 aromatic rings. The Labute approximate surface area is 174 Å². The Hall–Kier alpha value is -2.47. The zero-order valence-corrected chi connectivity index (χ0v) is 17.8. The molecule has 0 bridgehead atoms. The maximum absolute atomic E-state index is 12.9. The second kappa shape index (κ2) is 7.34. The average Bonchev–Trinajstić information content (AvgIpc) is 3.37. The van der Waals surface area contributed by atoms with E-state index in [1.807, 2.05) is 0 Å². The molecule has 1 aromatic heterocycles. The summed E-state index contributed by atoms with van der Waals surface area (Å²) < 4.78 is 32.0. The number of imide groups is 1. The summed E-state index contributed by atoms with van der Waals surface area (Å²) in [5.41, 5.74) is -0.552. The minimum atomic E-state index is -3.77. The second-order valence-electron chi connectivity index (χ2n) is 8.05. The van der Waals surface area contributed by atoms with Crippen LogP contribution < -0.4 is 5.32 Å². The van der Waals surface area contributed by atoms with Gasteiger partial charge in [-0.1, -0.05) is 18.0 Å². The van der Waals surface area contributed by atoms with Gasteiger partial charge >= 0.3 is 6.03 Å². The van der Waals surface area contributed by atoms with Crippen molar-refractivity contribution in [3.8, 4) is 0 Å². The van der Waals surface area contributed by atoms with E-state index in [0.717, 1.165) is 17.7 Å². The molecule has 0 radical (unpaired) electrons. The predicted octanol–water partition coefficient (Wildman–Crippen LogP) is -0.0111. The van der Waals surface area contributed by atoms with Gasteiger partial charge in [0.2, 0.25) is 15.9 Å². The van der Waals surface area contributed by atoms with E-state index in [2.05, 4.69) is 10.5 Å². The van der Waals surface area contributed by atoms with Gasteiger partial charge in [-0.2, -0.15) is 4.31 Å². The van der Waals surface area contributed by atoms with Crippen molar-refractivity contribution >= 4 is 27.9 Å². The number of nitrogens with one attached hydrogen (secondary N) is 1. The maximum Gasteiger partial charge on any atom is 0.325 e. The molecule has 4 amide bonds. The predicted molar refractivity (Wildman–Crippen MR) is 103 cm³/mol. The molecular weight excluding hydrogens is 414 g/mol. The van der Waals surface area contributed by atoms with Crippen LogP contribution >= 0.6 is 0 Å². The molecule has 2 saturated heterocycles. The minimum absolute atomic E-state index is 0.0588. The number of aryl methyl sites for hydroxylation is 2. The molecule has 0 unspecified atom stereocenters. The van der Waals surface area contributed by atoms with E-state index in [1.165, 1.54) is 9.21 Å². The second-order valence-corrected chi connectivity index (χ2v) is 9.92. The van der Waals surface area contributed by atoms with Crippen molar-refractivity contribution < 1.29 is 27.3 Å². The van der Waals surface area contributed by atoms with E-state index >= 15 is 0 Å². The molecule has 1 N–H and O–H groups in total. The molecule has 164 valence electrons. The lowest BCUT2D eigenvalue weighted by Crippen LogP contribution is -2.53. The lowest BCUT2D eigenvalue weighted by atomic mass is 9.98. The molecular formula is C18H25N5O6S. The molecule has 4 rings (SSSR count). The number of sulfonamides is 1. The van der Waals surface area contributed by atoms with Gasteiger partial charge in [-0.05, 0) is 26.7 Å². The van der Waals surface area contributed by atoms with E-state index in [-0.39, 0.29) is 55.2 Å². The van der Waals surface area contributed by atoms with Crippen LogP contribution in [0, 0.1) is 13.8 Å². The minimum Gasteiger partial charge on any atom is -0.360 e. The van der Waals surface area contributed by atoms with Gasteiger partial charge in [-0.15, -0.1) is 0 Å². The van der Waals surface area contributed by atoms with E-state index < -0.39 is 21.6 Å². The molecule has 3 fully saturated rings. The average molecular weight is 439 g/mol. The van der Waals surface area contributed by atoms with E-state index in [4.69, 9.17) is 4.52 Å². The first-order valence-electron chi connectivity index (χ1n) is 10.0.